The lowest BCUT2D eigenvalue weighted by molar-refractivity contribution is -0.131. The smallest absolute Gasteiger partial charge is 0.328 e. The summed E-state index contributed by atoms with van der Waals surface area (Å²) in [5.74, 6) is -1.36. The van der Waals surface area contributed by atoms with E-state index in [0.717, 1.165) is 19.0 Å². The van der Waals surface area contributed by atoms with Gasteiger partial charge in [-0.15, -0.1) is 0 Å². The minimum Gasteiger partial charge on any atom is -0.478 e. The van der Waals surface area contributed by atoms with Gasteiger partial charge in [-0.25, -0.2) is 9.18 Å². The van der Waals surface area contributed by atoms with Crippen LogP contribution >= 0.6 is 0 Å². The third-order valence-corrected chi connectivity index (χ3v) is 2.61. The first kappa shape index (κ1) is 14.2. The molecule has 0 heterocycles. The van der Waals surface area contributed by atoms with Gasteiger partial charge in [0.2, 0.25) is 0 Å². The third-order valence-electron chi connectivity index (χ3n) is 2.61. The molecule has 0 atom stereocenters. The molecule has 0 aliphatic carbocycles. The summed E-state index contributed by atoms with van der Waals surface area (Å²) in [5.41, 5.74) is 1.06. The fourth-order valence-electron chi connectivity index (χ4n) is 1.86. The maximum Gasteiger partial charge on any atom is 0.328 e. The standard InChI is InChI=1S/C14H18FNO2/c1-3-10-16(4-2)14-11(8-9-13(17)18)6-5-7-12(14)15/h5-9H,3-4,10H2,1-2H3,(H,17,18)/b9-8+. The van der Waals surface area contributed by atoms with Crippen molar-refractivity contribution >= 4 is 17.7 Å². The highest BCUT2D eigenvalue weighted by Gasteiger charge is 2.12. The van der Waals surface area contributed by atoms with Gasteiger partial charge in [-0.05, 0) is 25.5 Å². The maximum absolute atomic E-state index is 13.9. The molecule has 1 rings (SSSR count). The van der Waals surface area contributed by atoms with Gasteiger partial charge in [0.1, 0.15) is 5.82 Å². The van der Waals surface area contributed by atoms with Gasteiger partial charge >= 0.3 is 5.97 Å². The van der Waals surface area contributed by atoms with Crippen LogP contribution in [0, 0.1) is 5.82 Å². The topological polar surface area (TPSA) is 40.5 Å². The Morgan fingerprint density at radius 3 is 2.72 bits per heavy atom. The average Bonchev–Trinajstić information content (AvgIpc) is 2.34. The molecule has 0 amide bonds. The zero-order valence-electron chi connectivity index (χ0n) is 10.7. The van der Waals surface area contributed by atoms with E-state index in [-0.39, 0.29) is 5.82 Å². The van der Waals surface area contributed by atoms with Crippen LogP contribution in [0.25, 0.3) is 6.08 Å². The lowest BCUT2D eigenvalue weighted by Gasteiger charge is -2.24. The average molecular weight is 251 g/mol. The number of hydrogen-bond donors (Lipinski definition) is 1. The fraction of sp³-hybridized carbons (Fsp3) is 0.357. The minimum atomic E-state index is -1.04. The highest BCUT2D eigenvalue weighted by Crippen LogP contribution is 2.25. The number of hydrogen-bond acceptors (Lipinski definition) is 2. The van der Waals surface area contributed by atoms with Gasteiger partial charge in [0.25, 0.3) is 0 Å². The number of para-hydroxylation sites is 1. The monoisotopic (exact) mass is 251 g/mol. The predicted octanol–water partition coefficient (Wildman–Crippen LogP) is 3.16. The largest absolute Gasteiger partial charge is 0.478 e. The molecule has 0 saturated heterocycles. The minimum absolute atomic E-state index is 0.321. The van der Waals surface area contributed by atoms with Gasteiger partial charge in [0.05, 0.1) is 5.69 Å². The van der Waals surface area contributed by atoms with E-state index in [9.17, 15) is 9.18 Å². The molecule has 3 nitrogen and oxygen atoms in total. The normalized spacial score (nSPS) is 10.8. The summed E-state index contributed by atoms with van der Waals surface area (Å²) in [7, 11) is 0. The van der Waals surface area contributed by atoms with Crippen molar-refractivity contribution in [2.75, 3.05) is 18.0 Å². The Balaban J connectivity index is 3.18. The van der Waals surface area contributed by atoms with E-state index in [1.165, 1.54) is 12.1 Å². The fourth-order valence-corrected chi connectivity index (χ4v) is 1.86. The number of rotatable bonds is 6. The molecule has 0 radical (unpaired) electrons. The van der Waals surface area contributed by atoms with Crippen molar-refractivity contribution in [3.63, 3.8) is 0 Å². The molecular weight excluding hydrogens is 233 g/mol. The second kappa shape index (κ2) is 6.79. The predicted molar refractivity (Wildman–Crippen MR) is 71.2 cm³/mol. The maximum atomic E-state index is 13.9. The second-order valence-corrected chi connectivity index (χ2v) is 3.93. The first-order valence-electron chi connectivity index (χ1n) is 6.04. The van der Waals surface area contributed by atoms with Gasteiger partial charge in [-0.1, -0.05) is 19.1 Å². The van der Waals surface area contributed by atoms with Crippen LogP contribution < -0.4 is 4.90 Å². The van der Waals surface area contributed by atoms with Crippen LogP contribution in [0.4, 0.5) is 10.1 Å². The molecule has 18 heavy (non-hydrogen) atoms. The molecule has 0 unspecified atom stereocenters. The molecule has 4 heteroatoms. The molecular formula is C14H18FNO2. The number of carboxylic acids is 1. The van der Waals surface area contributed by atoms with Gasteiger partial charge in [-0.3, -0.25) is 0 Å². The quantitative estimate of drug-likeness (QED) is 0.789. The summed E-state index contributed by atoms with van der Waals surface area (Å²) in [5, 5.41) is 8.64. The van der Waals surface area contributed by atoms with Crippen LogP contribution in [0.15, 0.2) is 24.3 Å². The van der Waals surface area contributed by atoms with Gasteiger partial charge in [0.15, 0.2) is 0 Å². The lowest BCUT2D eigenvalue weighted by atomic mass is 10.1. The zero-order chi connectivity index (χ0) is 13.5. The zero-order valence-corrected chi connectivity index (χ0v) is 10.7. The number of anilines is 1. The number of halogens is 1. The van der Waals surface area contributed by atoms with Crippen LogP contribution in [-0.4, -0.2) is 24.2 Å². The summed E-state index contributed by atoms with van der Waals surface area (Å²) >= 11 is 0. The Labute approximate surface area is 107 Å². The molecule has 0 aromatic heterocycles. The summed E-state index contributed by atoms with van der Waals surface area (Å²) < 4.78 is 13.9. The Kier molecular flexibility index (Phi) is 5.36. The van der Waals surface area contributed by atoms with Crippen molar-refractivity contribution < 1.29 is 14.3 Å². The van der Waals surface area contributed by atoms with E-state index in [0.29, 0.717) is 17.8 Å². The van der Waals surface area contributed by atoms with Gasteiger partial charge in [0, 0.05) is 24.7 Å². The molecule has 98 valence electrons. The second-order valence-electron chi connectivity index (χ2n) is 3.93. The van der Waals surface area contributed by atoms with Crippen molar-refractivity contribution in [1.29, 1.82) is 0 Å². The van der Waals surface area contributed by atoms with Gasteiger partial charge in [-0.2, -0.15) is 0 Å². The Hall–Kier alpha value is -1.84. The van der Waals surface area contributed by atoms with Crippen molar-refractivity contribution in [1.82, 2.24) is 0 Å². The molecule has 0 fully saturated rings. The Morgan fingerprint density at radius 1 is 1.44 bits per heavy atom. The molecule has 0 spiro atoms. The lowest BCUT2D eigenvalue weighted by Crippen LogP contribution is -2.25. The first-order chi connectivity index (χ1) is 8.60. The SMILES string of the molecule is CCCN(CC)c1c(F)cccc1/C=C/C(=O)O. The summed E-state index contributed by atoms with van der Waals surface area (Å²) in [6, 6.07) is 4.70. The molecule has 1 N–H and O–H groups in total. The number of carbonyl (C=O) groups is 1. The van der Waals surface area contributed by atoms with E-state index in [1.807, 2.05) is 18.7 Å². The number of nitrogens with zero attached hydrogens (tertiary/aromatic N) is 1. The third kappa shape index (κ3) is 3.58. The van der Waals surface area contributed by atoms with Crippen LogP contribution in [0.5, 0.6) is 0 Å². The Bertz CT molecular complexity index is 443. The number of carboxylic acid groups (broad SMARTS) is 1. The molecule has 0 saturated carbocycles. The van der Waals surface area contributed by atoms with E-state index in [2.05, 4.69) is 0 Å². The molecule has 0 bridgehead atoms. The molecule has 1 aromatic rings. The highest BCUT2D eigenvalue weighted by atomic mass is 19.1. The van der Waals surface area contributed by atoms with Crippen molar-refractivity contribution in [2.24, 2.45) is 0 Å². The van der Waals surface area contributed by atoms with Crippen molar-refractivity contribution in [2.45, 2.75) is 20.3 Å². The first-order valence-corrected chi connectivity index (χ1v) is 6.04. The van der Waals surface area contributed by atoms with E-state index >= 15 is 0 Å². The van der Waals surface area contributed by atoms with E-state index < -0.39 is 5.97 Å². The van der Waals surface area contributed by atoms with Crippen LogP contribution in [0.2, 0.25) is 0 Å². The van der Waals surface area contributed by atoms with E-state index in [4.69, 9.17) is 5.11 Å². The van der Waals surface area contributed by atoms with Gasteiger partial charge < -0.3 is 10.0 Å². The summed E-state index contributed by atoms with van der Waals surface area (Å²) in [6.07, 6.45) is 3.36. The van der Waals surface area contributed by atoms with Crippen molar-refractivity contribution in [3.05, 3.63) is 35.7 Å². The molecule has 1 aromatic carbocycles. The molecule has 0 aliphatic rings. The Morgan fingerprint density at radius 2 is 2.17 bits per heavy atom. The van der Waals surface area contributed by atoms with E-state index in [1.54, 1.807) is 12.1 Å². The summed E-state index contributed by atoms with van der Waals surface area (Å²) in [6.45, 7) is 5.40. The van der Waals surface area contributed by atoms with Crippen LogP contribution in [-0.2, 0) is 4.79 Å². The molecule has 0 aliphatic heterocycles. The van der Waals surface area contributed by atoms with Crippen LogP contribution in [0.3, 0.4) is 0 Å². The number of benzene rings is 1. The number of aliphatic carboxylic acids is 1. The highest BCUT2D eigenvalue weighted by molar-refractivity contribution is 5.87. The summed E-state index contributed by atoms with van der Waals surface area (Å²) in [4.78, 5) is 12.5. The van der Waals surface area contributed by atoms with Crippen LogP contribution in [0.1, 0.15) is 25.8 Å². The van der Waals surface area contributed by atoms with Crippen molar-refractivity contribution in [3.8, 4) is 0 Å².